The number of carbonyl (C=O) groups is 1. The lowest BCUT2D eigenvalue weighted by Gasteiger charge is -2.00. The summed E-state index contributed by atoms with van der Waals surface area (Å²) in [5, 5.41) is 0. The van der Waals surface area contributed by atoms with E-state index in [0.29, 0.717) is 5.56 Å². The van der Waals surface area contributed by atoms with E-state index in [1.807, 2.05) is 12.1 Å². The SMILES string of the molecule is COc1ccc(/C=C2\Oc3c(ccccc3=O)C2=O)cc1. The Balaban J connectivity index is 1.99. The summed E-state index contributed by atoms with van der Waals surface area (Å²) in [6, 6.07) is 13.4. The number of Topliss-reactive ketones (excluding diaryl/α,β-unsaturated/α-hetero) is 1. The van der Waals surface area contributed by atoms with E-state index in [9.17, 15) is 9.59 Å². The van der Waals surface area contributed by atoms with E-state index < -0.39 is 0 Å². The number of ether oxygens (including phenoxy) is 2. The van der Waals surface area contributed by atoms with Gasteiger partial charge in [-0.2, -0.15) is 0 Å². The maximum absolute atomic E-state index is 12.3. The molecule has 1 heterocycles. The van der Waals surface area contributed by atoms with Gasteiger partial charge in [0.25, 0.3) is 0 Å². The van der Waals surface area contributed by atoms with Crippen LogP contribution < -0.4 is 14.9 Å². The molecule has 0 bridgehead atoms. The minimum Gasteiger partial charge on any atom is -0.497 e. The second-order valence-electron chi connectivity index (χ2n) is 4.54. The maximum atomic E-state index is 12.3. The van der Waals surface area contributed by atoms with Gasteiger partial charge >= 0.3 is 0 Å². The predicted molar refractivity (Wildman–Crippen MR) is 78.6 cm³/mol. The van der Waals surface area contributed by atoms with E-state index in [1.54, 1.807) is 43.5 Å². The molecule has 4 heteroatoms. The molecular formula is C17H12O4. The molecule has 1 aliphatic heterocycles. The van der Waals surface area contributed by atoms with Crippen molar-refractivity contribution in [1.29, 1.82) is 0 Å². The van der Waals surface area contributed by atoms with Crippen LogP contribution in [0.5, 0.6) is 11.5 Å². The van der Waals surface area contributed by atoms with Crippen LogP contribution in [-0.4, -0.2) is 12.9 Å². The Morgan fingerprint density at radius 3 is 2.43 bits per heavy atom. The lowest BCUT2D eigenvalue weighted by molar-refractivity contribution is 0.101. The van der Waals surface area contributed by atoms with Crippen LogP contribution in [0.4, 0.5) is 0 Å². The van der Waals surface area contributed by atoms with Crippen LogP contribution in [0, 0.1) is 0 Å². The summed E-state index contributed by atoms with van der Waals surface area (Å²) in [5.74, 6) is 0.685. The molecular weight excluding hydrogens is 268 g/mol. The molecule has 0 aromatic heterocycles. The summed E-state index contributed by atoms with van der Waals surface area (Å²) in [4.78, 5) is 24.1. The second kappa shape index (κ2) is 5.25. The predicted octanol–water partition coefficient (Wildman–Crippen LogP) is 2.67. The number of benzene rings is 1. The Morgan fingerprint density at radius 2 is 1.71 bits per heavy atom. The molecule has 104 valence electrons. The highest BCUT2D eigenvalue weighted by molar-refractivity contribution is 6.14. The smallest absolute Gasteiger partial charge is 0.232 e. The van der Waals surface area contributed by atoms with Gasteiger partial charge in [0.15, 0.2) is 11.5 Å². The molecule has 0 atom stereocenters. The Bertz CT molecular complexity index is 789. The Morgan fingerprint density at radius 1 is 1.00 bits per heavy atom. The Labute approximate surface area is 121 Å². The van der Waals surface area contributed by atoms with Gasteiger partial charge in [-0.05, 0) is 35.9 Å². The highest BCUT2D eigenvalue weighted by Gasteiger charge is 2.28. The first kappa shape index (κ1) is 13.1. The number of rotatable bonds is 2. The molecule has 4 nitrogen and oxygen atoms in total. The van der Waals surface area contributed by atoms with Crippen LogP contribution in [0.2, 0.25) is 0 Å². The van der Waals surface area contributed by atoms with Gasteiger partial charge in [0.05, 0.1) is 12.7 Å². The summed E-state index contributed by atoms with van der Waals surface area (Å²) in [5.41, 5.74) is 0.787. The van der Waals surface area contributed by atoms with Gasteiger partial charge in [-0.1, -0.05) is 24.3 Å². The molecule has 21 heavy (non-hydrogen) atoms. The quantitative estimate of drug-likeness (QED) is 0.794. The van der Waals surface area contributed by atoms with Crippen molar-refractivity contribution in [2.24, 2.45) is 0 Å². The summed E-state index contributed by atoms with van der Waals surface area (Å²) >= 11 is 0. The van der Waals surface area contributed by atoms with Gasteiger partial charge in [-0.15, -0.1) is 0 Å². The Hall–Kier alpha value is -2.88. The first-order chi connectivity index (χ1) is 10.2. The van der Waals surface area contributed by atoms with Crippen molar-refractivity contribution in [3.63, 3.8) is 0 Å². The Kier molecular flexibility index (Phi) is 3.28. The van der Waals surface area contributed by atoms with Gasteiger partial charge in [-0.3, -0.25) is 9.59 Å². The van der Waals surface area contributed by atoms with E-state index in [-0.39, 0.29) is 22.7 Å². The summed E-state index contributed by atoms with van der Waals surface area (Å²) < 4.78 is 10.5. The molecule has 0 fully saturated rings. The fraction of sp³-hybridized carbons (Fsp3) is 0.0588. The molecule has 0 aliphatic carbocycles. The first-order valence-electron chi connectivity index (χ1n) is 6.40. The normalized spacial score (nSPS) is 14.7. The van der Waals surface area contributed by atoms with Crippen molar-refractivity contribution in [1.82, 2.24) is 0 Å². The van der Waals surface area contributed by atoms with E-state index in [2.05, 4.69) is 0 Å². The van der Waals surface area contributed by atoms with Gasteiger partial charge in [0.1, 0.15) is 5.75 Å². The third-order valence-electron chi connectivity index (χ3n) is 3.18. The molecule has 2 aromatic rings. The average molecular weight is 280 g/mol. The number of methoxy groups -OCH3 is 1. The standard InChI is InChI=1S/C17H12O4/c1-20-12-8-6-11(7-9-12)10-15-16(19)13-4-2-3-5-14(18)17(13)21-15/h2-10H,1H3/b15-10-. The largest absolute Gasteiger partial charge is 0.497 e. The number of hydrogen-bond donors (Lipinski definition) is 0. The van der Waals surface area contributed by atoms with Gasteiger partial charge in [0.2, 0.25) is 11.2 Å². The molecule has 0 saturated heterocycles. The number of carbonyl (C=O) groups excluding carboxylic acids is 1. The van der Waals surface area contributed by atoms with E-state index in [1.165, 1.54) is 6.07 Å². The lowest BCUT2D eigenvalue weighted by atomic mass is 10.1. The molecule has 0 N–H and O–H groups in total. The molecule has 1 aliphatic rings. The van der Waals surface area contributed by atoms with Gasteiger partial charge in [-0.25, -0.2) is 0 Å². The maximum Gasteiger partial charge on any atom is 0.232 e. The van der Waals surface area contributed by atoms with Crippen LogP contribution in [0.25, 0.3) is 6.08 Å². The van der Waals surface area contributed by atoms with Crippen LogP contribution >= 0.6 is 0 Å². The van der Waals surface area contributed by atoms with Crippen molar-refractivity contribution in [3.05, 3.63) is 75.6 Å². The highest BCUT2D eigenvalue weighted by atomic mass is 16.5. The zero-order valence-corrected chi connectivity index (χ0v) is 11.3. The summed E-state index contributed by atoms with van der Waals surface area (Å²) in [6.07, 6.45) is 1.61. The fourth-order valence-electron chi connectivity index (χ4n) is 2.10. The van der Waals surface area contributed by atoms with Gasteiger partial charge < -0.3 is 9.47 Å². The zero-order valence-electron chi connectivity index (χ0n) is 11.3. The van der Waals surface area contributed by atoms with Crippen molar-refractivity contribution < 1.29 is 14.3 Å². The molecule has 2 aromatic carbocycles. The number of fused-ring (bicyclic) bond motifs is 1. The third kappa shape index (κ3) is 2.43. The second-order valence-corrected chi connectivity index (χ2v) is 4.54. The summed E-state index contributed by atoms with van der Waals surface area (Å²) in [6.45, 7) is 0. The monoisotopic (exact) mass is 280 g/mol. The van der Waals surface area contributed by atoms with E-state index in [0.717, 1.165) is 11.3 Å². The zero-order chi connectivity index (χ0) is 14.8. The van der Waals surface area contributed by atoms with Crippen molar-refractivity contribution >= 4 is 11.9 Å². The molecule has 0 amide bonds. The molecule has 0 spiro atoms. The fourth-order valence-corrected chi connectivity index (χ4v) is 2.10. The van der Waals surface area contributed by atoms with Crippen molar-refractivity contribution in [2.45, 2.75) is 0 Å². The molecule has 0 radical (unpaired) electrons. The number of hydrogen-bond acceptors (Lipinski definition) is 4. The number of ketones is 1. The van der Waals surface area contributed by atoms with Gasteiger partial charge in [0, 0.05) is 0 Å². The van der Waals surface area contributed by atoms with Crippen molar-refractivity contribution in [2.75, 3.05) is 7.11 Å². The molecule has 3 rings (SSSR count). The topological polar surface area (TPSA) is 52.6 Å². The number of allylic oxidation sites excluding steroid dienone is 1. The lowest BCUT2D eigenvalue weighted by Crippen LogP contribution is -2.00. The summed E-state index contributed by atoms with van der Waals surface area (Å²) in [7, 11) is 1.59. The third-order valence-corrected chi connectivity index (χ3v) is 3.18. The van der Waals surface area contributed by atoms with Crippen LogP contribution in [0.1, 0.15) is 15.9 Å². The first-order valence-corrected chi connectivity index (χ1v) is 6.40. The minimum atomic E-state index is -0.304. The van der Waals surface area contributed by atoms with Crippen LogP contribution in [-0.2, 0) is 0 Å². The molecule has 0 saturated carbocycles. The molecule has 0 unspecified atom stereocenters. The average Bonchev–Trinajstić information content (AvgIpc) is 2.69. The van der Waals surface area contributed by atoms with Crippen molar-refractivity contribution in [3.8, 4) is 11.5 Å². The van der Waals surface area contributed by atoms with Crippen LogP contribution in [0.3, 0.4) is 0 Å². The van der Waals surface area contributed by atoms with Crippen LogP contribution in [0.15, 0.2) is 59.1 Å². The van der Waals surface area contributed by atoms with E-state index in [4.69, 9.17) is 9.47 Å². The minimum absolute atomic E-state index is 0.0877. The van der Waals surface area contributed by atoms with E-state index >= 15 is 0 Å². The highest BCUT2D eigenvalue weighted by Crippen LogP contribution is 2.28.